The molecule has 4 atom stereocenters. The van der Waals surface area contributed by atoms with Gasteiger partial charge in [0, 0.05) is 56.2 Å². The molecule has 2 aliphatic rings. The molecule has 2 saturated heterocycles. The molecule has 0 aromatic heterocycles. The number of rotatable bonds is 10. The van der Waals surface area contributed by atoms with Crippen LogP contribution >= 0.6 is 12.6 Å². The lowest BCUT2D eigenvalue weighted by Crippen LogP contribution is -2.45. The van der Waals surface area contributed by atoms with Gasteiger partial charge in [0.05, 0.1) is 34.5 Å². The maximum absolute atomic E-state index is 13.1. The van der Waals surface area contributed by atoms with Crippen LogP contribution in [0.25, 0.3) is 0 Å². The number of nitrogens with zero attached hydrogens (tertiary/aromatic N) is 5. The number of thiol groups is 1. The third-order valence-corrected chi connectivity index (χ3v) is 8.13. The van der Waals surface area contributed by atoms with Gasteiger partial charge in [0.25, 0.3) is 11.4 Å². The van der Waals surface area contributed by atoms with Gasteiger partial charge in [-0.2, -0.15) is 12.6 Å². The van der Waals surface area contributed by atoms with E-state index in [9.17, 15) is 39.7 Å². The summed E-state index contributed by atoms with van der Waals surface area (Å²) in [4.78, 5) is 63.4. The van der Waals surface area contributed by atoms with Gasteiger partial charge in [-0.3, -0.25) is 25.0 Å². The number of likely N-dealkylation sites (tertiary alicyclic amines) is 2. The second-order valence-corrected chi connectivity index (χ2v) is 11.5. The van der Waals surface area contributed by atoms with E-state index in [0.717, 1.165) is 0 Å². The molecule has 16 heteroatoms. The minimum absolute atomic E-state index is 0.0660. The Kier molecular flexibility index (Phi) is 10.6. The number of amides is 3. The van der Waals surface area contributed by atoms with Gasteiger partial charge in [-0.05, 0) is 48.2 Å². The first-order chi connectivity index (χ1) is 20.9. The lowest BCUT2D eigenvalue weighted by atomic mass is 10.0. The number of benzene rings is 2. The Morgan fingerprint density at radius 3 is 2.07 bits per heavy atom. The van der Waals surface area contributed by atoms with Gasteiger partial charge in [0.1, 0.15) is 13.2 Å². The van der Waals surface area contributed by atoms with Gasteiger partial charge >= 0.3 is 12.2 Å². The molecule has 2 fully saturated rings. The predicted molar refractivity (Wildman–Crippen MR) is 158 cm³/mol. The largest absolute Gasteiger partial charge is 0.445 e. The van der Waals surface area contributed by atoms with E-state index in [4.69, 9.17) is 9.47 Å². The molecule has 44 heavy (non-hydrogen) atoms. The van der Waals surface area contributed by atoms with Gasteiger partial charge in [0.15, 0.2) is 0 Å². The van der Waals surface area contributed by atoms with E-state index < -0.39 is 34.2 Å². The van der Waals surface area contributed by atoms with E-state index in [1.54, 1.807) is 11.9 Å². The van der Waals surface area contributed by atoms with Crippen LogP contribution in [0, 0.1) is 20.2 Å². The highest BCUT2D eigenvalue weighted by Crippen LogP contribution is 2.28. The average molecular weight is 632 g/mol. The van der Waals surface area contributed by atoms with E-state index in [2.05, 4.69) is 12.6 Å². The number of carbonyl (C=O) groups is 3. The van der Waals surface area contributed by atoms with Crippen molar-refractivity contribution in [3.8, 4) is 0 Å². The van der Waals surface area contributed by atoms with Crippen molar-refractivity contribution in [2.24, 2.45) is 0 Å². The second-order valence-electron chi connectivity index (χ2n) is 10.7. The summed E-state index contributed by atoms with van der Waals surface area (Å²) < 4.78 is 10.7. The molecule has 2 aromatic carbocycles. The Hall–Kier alpha value is -4.44. The quantitative estimate of drug-likeness (QED) is 0.224. The maximum atomic E-state index is 13.1. The van der Waals surface area contributed by atoms with Crippen LogP contribution in [0.1, 0.15) is 30.4 Å². The number of hydrogen-bond acceptors (Lipinski definition) is 11. The molecular formula is C28H33N5O10S. The molecule has 0 spiro atoms. The number of non-ortho nitro benzene ring substituents is 2. The number of nitro benzene ring substituents is 2. The standard InChI is InChI=1S/C28H33N5O10S/c1-29(27(36)42-16-18-2-6-20(7-3-18)32(38)39)22-10-11-30(14-22)26(35)13-25(34)24-12-23(44)15-31(24)28(37)43-17-19-4-8-21(9-5-19)33(40)41/h2-9,22-25,34,44H,10-17H2,1H3/t22-,23+,24+,25?/m1/s1. The summed E-state index contributed by atoms with van der Waals surface area (Å²) in [5, 5.41) is 32.4. The fourth-order valence-corrected chi connectivity index (χ4v) is 5.59. The zero-order valence-corrected chi connectivity index (χ0v) is 24.8. The van der Waals surface area contributed by atoms with Crippen LogP contribution in [-0.2, 0) is 27.5 Å². The molecule has 0 aliphatic carbocycles. The van der Waals surface area contributed by atoms with E-state index in [0.29, 0.717) is 30.5 Å². The summed E-state index contributed by atoms with van der Waals surface area (Å²) in [5.41, 5.74) is 1.00. The summed E-state index contributed by atoms with van der Waals surface area (Å²) >= 11 is 4.46. The number of hydrogen-bond donors (Lipinski definition) is 2. The number of nitro groups is 2. The molecule has 2 aromatic rings. The Balaban J connectivity index is 1.24. The van der Waals surface area contributed by atoms with Crippen molar-refractivity contribution >= 4 is 42.1 Å². The minimum atomic E-state index is -1.17. The molecule has 0 bridgehead atoms. The van der Waals surface area contributed by atoms with E-state index >= 15 is 0 Å². The zero-order chi connectivity index (χ0) is 32.0. The van der Waals surface area contributed by atoms with E-state index in [-0.39, 0.29) is 61.3 Å². The first-order valence-corrected chi connectivity index (χ1v) is 14.4. The molecule has 2 aliphatic heterocycles. The smallest absolute Gasteiger partial charge is 0.410 e. The summed E-state index contributed by atoms with van der Waals surface area (Å²) in [5.74, 6) is -0.325. The van der Waals surface area contributed by atoms with Crippen molar-refractivity contribution in [1.82, 2.24) is 14.7 Å². The maximum Gasteiger partial charge on any atom is 0.410 e. The fraction of sp³-hybridized carbons (Fsp3) is 0.464. The molecule has 15 nitrogen and oxygen atoms in total. The number of likely N-dealkylation sites (N-methyl/N-ethyl adjacent to an activating group) is 1. The van der Waals surface area contributed by atoms with Crippen molar-refractivity contribution in [3.63, 3.8) is 0 Å². The second kappa shape index (κ2) is 14.4. The van der Waals surface area contributed by atoms with Gasteiger partial charge in [-0.1, -0.05) is 0 Å². The Bertz CT molecular complexity index is 1380. The minimum Gasteiger partial charge on any atom is -0.445 e. The van der Waals surface area contributed by atoms with E-state index in [1.807, 2.05) is 0 Å². The van der Waals surface area contributed by atoms with Crippen LogP contribution in [0.3, 0.4) is 0 Å². The SMILES string of the molecule is CN(C(=O)OCc1ccc([N+](=O)[O-])cc1)[C@@H]1CCN(C(=O)CC(O)[C@@H]2C[C@H](S)CN2C(=O)OCc2ccc([N+](=O)[O-])cc2)C1. The monoisotopic (exact) mass is 631 g/mol. The summed E-state index contributed by atoms with van der Waals surface area (Å²) in [6.07, 6.45) is -1.83. The molecule has 0 radical (unpaired) electrons. The number of ether oxygens (including phenoxy) is 2. The topological polar surface area (TPSA) is 186 Å². The van der Waals surface area contributed by atoms with Gasteiger partial charge in [-0.15, -0.1) is 0 Å². The highest BCUT2D eigenvalue weighted by atomic mass is 32.1. The van der Waals surface area contributed by atoms with Crippen LogP contribution in [0.2, 0.25) is 0 Å². The van der Waals surface area contributed by atoms with Gasteiger partial charge in [0.2, 0.25) is 5.91 Å². The predicted octanol–water partition coefficient (Wildman–Crippen LogP) is 3.13. The first kappa shape index (κ1) is 32.5. The fourth-order valence-electron chi connectivity index (χ4n) is 5.20. The Morgan fingerprint density at radius 1 is 0.977 bits per heavy atom. The molecular weight excluding hydrogens is 598 g/mol. The molecule has 2 heterocycles. The third kappa shape index (κ3) is 8.13. The van der Waals surface area contributed by atoms with Crippen molar-refractivity contribution in [3.05, 3.63) is 79.9 Å². The van der Waals surface area contributed by atoms with Crippen LogP contribution < -0.4 is 0 Å². The Morgan fingerprint density at radius 2 is 1.52 bits per heavy atom. The summed E-state index contributed by atoms with van der Waals surface area (Å²) in [6.45, 7) is 0.650. The van der Waals surface area contributed by atoms with Crippen LogP contribution in [-0.4, -0.2) is 97.9 Å². The van der Waals surface area contributed by atoms with Crippen LogP contribution in [0.5, 0.6) is 0 Å². The van der Waals surface area contributed by atoms with Crippen molar-refractivity contribution in [1.29, 1.82) is 0 Å². The summed E-state index contributed by atoms with van der Waals surface area (Å²) in [6, 6.07) is 10.3. The summed E-state index contributed by atoms with van der Waals surface area (Å²) in [7, 11) is 1.57. The normalized spacial score (nSPS) is 20.2. The Labute approximate surface area is 258 Å². The lowest BCUT2D eigenvalue weighted by molar-refractivity contribution is -0.385. The third-order valence-electron chi connectivity index (χ3n) is 7.75. The van der Waals surface area contributed by atoms with Crippen LogP contribution in [0.4, 0.5) is 21.0 Å². The number of aliphatic hydroxyl groups is 1. The van der Waals surface area contributed by atoms with Gasteiger partial charge in [-0.25, -0.2) is 9.59 Å². The average Bonchev–Trinajstić information content (AvgIpc) is 3.66. The van der Waals surface area contributed by atoms with Crippen molar-refractivity contribution in [2.45, 2.75) is 55.9 Å². The molecule has 0 saturated carbocycles. The lowest BCUT2D eigenvalue weighted by Gasteiger charge is -2.29. The molecule has 3 amide bonds. The highest BCUT2D eigenvalue weighted by Gasteiger charge is 2.41. The van der Waals surface area contributed by atoms with Crippen molar-refractivity contribution in [2.75, 3.05) is 26.7 Å². The number of aliphatic hydroxyl groups excluding tert-OH is 1. The van der Waals surface area contributed by atoms with E-state index in [1.165, 1.54) is 58.3 Å². The number of carbonyl (C=O) groups excluding carboxylic acids is 3. The van der Waals surface area contributed by atoms with Gasteiger partial charge < -0.3 is 29.3 Å². The first-order valence-electron chi connectivity index (χ1n) is 13.9. The molecule has 4 rings (SSSR count). The highest BCUT2D eigenvalue weighted by molar-refractivity contribution is 7.81. The molecule has 1 unspecified atom stereocenters. The molecule has 1 N–H and O–H groups in total. The molecule has 236 valence electrons. The zero-order valence-electron chi connectivity index (χ0n) is 23.9. The van der Waals surface area contributed by atoms with Crippen molar-refractivity contribution < 1.29 is 38.8 Å². The van der Waals surface area contributed by atoms with Crippen LogP contribution in [0.15, 0.2) is 48.5 Å².